The molecule has 3 fully saturated rings. The van der Waals surface area contributed by atoms with Crippen molar-refractivity contribution in [3.8, 4) is 0 Å². The summed E-state index contributed by atoms with van der Waals surface area (Å²) in [4.78, 5) is 29.9. The minimum Gasteiger partial charge on any atom is -0.342 e. The largest absolute Gasteiger partial charge is 0.342 e. The molecule has 1 atom stereocenters. The van der Waals surface area contributed by atoms with Gasteiger partial charge in [-0.25, -0.2) is 0 Å². The third-order valence-electron chi connectivity index (χ3n) is 5.64. The number of rotatable bonds is 2. The van der Waals surface area contributed by atoms with Crippen molar-refractivity contribution in [3.05, 3.63) is 0 Å². The maximum Gasteiger partial charge on any atom is 0.229 e. The molecule has 3 saturated heterocycles. The molecule has 1 unspecified atom stereocenters. The average molecular weight is 293 g/mol. The fraction of sp³-hybridized carbons (Fsp3) is 0.875. The zero-order chi connectivity index (χ0) is 15.0. The number of hydrogen-bond donors (Lipinski definition) is 0. The highest BCUT2D eigenvalue weighted by atomic mass is 16.2. The molecule has 0 aromatic rings. The molecule has 0 aromatic heterocycles. The SMILES string of the molecule is CC(=O)N1CC(C(=O)N2CCC(C3CCN(C)CC3)C2)C1. The highest BCUT2D eigenvalue weighted by Crippen LogP contribution is 2.32. The molecule has 3 rings (SSSR count). The van der Waals surface area contributed by atoms with E-state index in [1.807, 2.05) is 0 Å². The fourth-order valence-electron chi connectivity index (χ4n) is 4.02. The van der Waals surface area contributed by atoms with E-state index in [0.29, 0.717) is 19.0 Å². The monoisotopic (exact) mass is 293 g/mol. The molecule has 0 radical (unpaired) electrons. The van der Waals surface area contributed by atoms with Crippen LogP contribution in [-0.4, -0.2) is 72.8 Å². The molecule has 3 aliphatic rings. The van der Waals surface area contributed by atoms with Gasteiger partial charge in [-0.15, -0.1) is 0 Å². The van der Waals surface area contributed by atoms with Gasteiger partial charge in [0.25, 0.3) is 0 Å². The van der Waals surface area contributed by atoms with Gasteiger partial charge in [-0.1, -0.05) is 0 Å². The lowest BCUT2D eigenvalue weighted by Crippen LogP contribution is -2.55. The van der Waals surface area contributed by atoms with Crippen molar-refractivity contribution >= 4 is 11.8 Å². The topological polar surface area (TPSA) is 43.9 Å². The summed E-state index contributed by atoms with van der Waals surface area (Å²) in [6.45, 7) is 7.10. The summed E-state index contributed by atoms with van der Waals surface area (Å²) in [6.07, 6.45) is 3.73. The number of nitrogens with zero attached hydrogens (tertiary/aromatic N) is 3. The molecule has 3 heterocycles. The highest BCUT2D eigenvalue weighted by Gasteiger charge is 2.40. The first-order chi connectivity index (χ1) is 10.0. The van der Waals surface area contributed by atoms with Gasteiger partial charge in [-0.2, -0.15) is 0 Å². The van der Waals surface area contributed by atoms with Crippen LogP contribution in [0.25, 0.3) is 0 Å². The van der Waals surface area contributed by atoms with E-state index in [-0.39, 0.29) is 17.7 Å². The number of hydrogen-bond acceptors (Lipinski definition) is 3. The molecular formula is C16H27N3O2. The van der Waals surface area contributed by atoms with Gasteiger partial charge in [-0.3, -0.25) is 9.59 Å². The molecule has 0 aliphatic carbocycles. The lowest BCUT2D eigenvalue weighted by Gasteiger charge is -2.39. The molecule has 0 spiro atoms. The molecule has 5 heteroatoms. The van der Waals surface area contributed by atoms with Gasteiger partial charge < -0.3 is 14.7 Å². The average Bonchev–Trinajstić information content (AvgIpc) is 2.86. The van der Waals surface area contributed by atoms with Gasteiger partial charge in [0.15, 0.2) is 0 Å². The van der Waals surface area contributed by atoms with Gasteiger partial charge >= 0.3 is 0 Å². The van der Waals surface area contributed by atoms with Crippen molar-refractivity contribution < 1.29 is 9.59 Å². The van der Waals surface area contributed by atoms with Crippen LogP contribution >= 0.6 is 0 Å². The molecule has 21 heavy (non-hydrogen) atoms. The molecular weight excluding hydrogens is 266 g/mol. The maximum absolute atomic E-state index is 12.5. The summed E-state index contributed by atoms with van der Waals surface area (Å²) in [5.41, 5.74) is 0. The molecule has 0 saturated carbocycles. The van der Waals surface area contributed by atoms with Crippen LogP contribution in [0.2, 0.25) is 0 Å². The van der Waals surface area contributed by atoms with Gasteiger partial charge in [0.05, 0.1) is 5.92 Å². The van der Waals surface area contributed by atoms with Crippen molar-refractivity contribution in [2.75, 3.05) is 46.3 Å². The molecule has 0 N–H and O–H groups in total. The Balaban J connectivity index is 1.46. The standard InChI is InChI=1S/C16H27N3O2/c1-12(20)19-10-15(11-19)16(21)18-8-5-14(9-18)13-3-6-17(2)7-4-13/h13-15H,3-11H2,1-2H3. The lowest BCUT2D eigenvalue weighted by atomic mass is 9.84. The van der Waals surface area contributed by atoms with Crippen LogP contribution in [0.4, 0.5) is 0 Å². The molecule has 0 bridgehead atoms. The second-order valence-electron chi connectivity index (χ2n) is 7.09. The van der Waals surface area contributed by atoms with E-state index in [1.165, 1.54) is 32.4 Å². The molecule has 5 nitrogen and oxygen atoms in total. The van der Waals surface area contributed by atoms with E-state index < -0.39 is 0 Å². The maximum atomic E-state index is 12.5. The normalized spacial score (nSPS) is 28.8. The van der Waals surface area contributed by atoms with Gasteiger partial charge in [0.2, 0.25) is 11.8 Å². The first-order valence-corrected chi connectivity index (χ1v) is 8.27. The van der Waals surface area contributed by atoms with Crippen molar-refractivity contribution in [1.82, 2.24) is 14.7 Å². The Kier molecular flexibility index (Phi) is 4.20. The van der Waals surface area contributed by atoms with Crippen LogP contribution in [0.1, 0.15) is 26.2 Å². The van der Waals surface area contributed by atoms with Crippen molar-refractivity contribution in [2.24, 2.45) is 17.8 Å². The van der Waals surface area contributed by atoms with E-state index in [1.54, 1.807) is 11.8 Å². The molecule has 3 aliphatic heterocycles. The minimum atomic E-state index is 0.0603. The van der Waals surface area contributed by atoms with E-state index in [9.17, 15) is 9.59 Å². The second-order valence-corrected chi connectivity index (χ2v) is 7.09. The van der Waals surface area contributed by atoms with Crippen molar-refractivity contribution in [1.29, 1.82) is 0 Å². The Morgan fingerprint density at radius 3 is 2.10 bits per heavy atom. The van der Waals surface area contributed by atoms with Crippen LogP contribution in [0.5, 0.6) is 0 Å². The predicted molar refractivity (Wildman–Crippen MR) is 80.7 cm³/mol. The van der Waals surface area contributed by atoms with E-state index >= 15 is 0 Å². The molecule has 118 valence electrons. The summed E-state index contributed by atoms with van der Waals surface area (Å²) in [6, 6.07) is 0. The van der Waals surface area contributed by atoms with Gasteiger partial charge in [0.1, 0.15) is 0 Å². The van der Waals surface area contributed by atoms with Gasteiger partial charge in [0, 0.05) is 33.1 Å². The fourth-order valence-corrected chi connectivity index (χ4v) is 4.02. The van der Waals surface area contributed by atoms with Crippen LogP contribution in [-0.2, 0) is 9.59 Å². The number of carbonyl (C=O) groups excluding carboxylic acids is 2. The number of carbonyl (C=O) groups is 2. The third-order valence-corrected chi connectivity index (χ3v) is 5.64. The van der Waals surface area contributed by atoms with Crippen LogP contribution in [0, 0.1) is 17.8 Å². The van der Waals surface area contributed by atoms with E-state index in [4.69, 9.17) is 0 Å². The van der Waals surface area contributed by atoms with E-state index in [0.717, 1.165) is 19.0 Å². The molecule has 2 amide bonds. The quantitative estimate of drug-likeness (QED) is 0.751. The summed E-state index contributed by atoms with van der Waals surface area (Å²) in [5.74, 6) is 1.93. The second kappa shape index (κ2) is 5.95. The van der Waals surface area contributed by atoms with Crippen LogP contribution < -0.4 is 0 Å². The first kappa shape index (κ1) is 14.8. The number of piperidine rings is 1. The Hall–Kier alpha value is -1.10. The summed E-state index contributed by atoms with van der Waals surface area (Å²) < 4.78 is 0. The first-order valence-electron chi connectivity index (χ1n) is 8.27. The summed E-state index contributed by atoms with van der Waals surface area (Å²) in [7, 11) is 2.19. The third kappa shape index (κ3) is 3.07. The Morgan fingerprint density at radius 2 is 1.48 bits per heavy atom. The van der Waals surface area contributed by atoms with E-state index in [2.05, 4.69) is 16.8 Å². The number of amides is 2. The minimum absolute atomic E-state index is 0.0603. The zero-order valence-electron chi connectivity index (χ0n) is 13.3. The zero-order valence-corrected chi connectivity index (χ0v) is 13.3. The summed E-state index contributed by atoms with van der Waals surface area (Å²) >= 11 is 0. The molecule has 0 aromatic carbocycles. The Morgan fingerprint density at radius 1 is 0.857 bits per heavy atom. The van der Waals surface area contributed by atoms with Crippen LogP contribution in [0.3, 0.4) is 0 Å². The summed E-state index contributed by atoms with van der Waals surface area (Å²) in [5, 5.41) is 0. The Labute approximate surface area is 127 Å². The highest BCUT2D eigenvalue weighted by molar-refractivity contribution is 5.83. The van der Waals surface area contributed by atoms with Crippen molar-refractivity contribution in [2.45, 2.75) is 26.2 Å². The Bertz CT molecular complexity index is 412. The van der Waals surface area contributed by atoms with Crippen LogP contribution in [0.15, 0.2) is 0 Å². The predicted octanol–water partition coefficient (Wildman–Crippen LogP) is 0.655. The smallest absolute Gasteiger partial charge is 0.229 e. The number of likely N-dealkylation sites (tertiary alicyclic amines) is 3. The van der Waals surface area contributed by atoms with Crippen molar-refractivity contribution in [3.63, 3.8) is 0 Å². The lowest BCUT2D eigenvalue weighted by molar-refractivity contribution is -0.146. The van der Waals surface area contributed by atoms with Gasteiger partial charge in [-0.05, 0) is 51.2 Å².